The van der Waals surface area contributed by atoms with Gasteiger partial charge in [-0.05, 0) is 23.6 Å². The normalized spacial score (nSPS) is 23.2. The first-order chi connectivity index (χ1) is 8.87. The predicted octanol–water partition coefficient (Wildman–Crippen LogP) is 1.85. The zero-order chi connectivity index (χ0) is 14.2. The van der Waals surface area contributed by atoms with Crippen LogP contribution in [0.25, 0.3) is 0 Å². The molecule has 0 saturated heterocycles. The van der Waals surface area contributed by atoms with Crippen molar-refractivity contribution in [3.8, 4) is 6.07 Å². The lowest BCUT2D eigenvalue weighted by molar-refractivity contribution is -0.140. The number of carboxylic acid groups (broad SMARTS) is 1. The molecular formula is C14H14N2O3. The molecule has 1 aliphatic rings. The van der Waals surface area contributed by atoms with E-state index < -0.39 is 23.2 Å². The van der Waals surface area contributed by atoms with Gasteiger partial charge in [-0.25, -0.2) is 0 Å². The Morgan fingerprint density at radius 1 is 1.37 bits per heavy atom. The average Bonchev–Trinajstić information content (AvgIpc) is 2.93. The van der Waals surface area contributed by atoms with Crippen molar-refractivity contribution in [3.05, 3.63) is 29.8 Å². The molecule has 19 heavy (non-hydrogen) atoms. The van der Waals surface area contributed by atoms with Crippen LogP contribution in [0.2, 0.25) is 0 Å². The number of carboxylic acids is 1. The molecule has 2 N–H and O–H groups in total. The highest BCUT2D eigenvalue weighted by atomic mass is 16.4. The lowest BCUT2D eigenvalue weighted by Crippen LogP contribution is -2.17. The van der Waals surface area contributed by atoms with Crippen LogP contribution in [0.5, 0.6) is 0 Å². The van der Waals surface area contributed by atoms with E-state index in [1.807, 2.05) is 6.07 Å². The Bertz CT molecular complexity index is 587. The van der Waals surface area contributed by atoms with Crippen molar-refractivity contribution in [2.45, 2.75) is 13.8 Å². The van der Waals surface area contributed by atoms with Gasteiger partial charge in [0, 0.05) is 5.69 Å². The van der Waals surface area contributed by atoms with Gasteiger partial charge in [0.1, 0.15) is 0 Å². The lowest BCUT2D eigenvalue weighted by atomic mass is 10.1. The van der Waals surface area contributed by atoms with E-state index in [9.17, 15) is 9.59 Å². The van der Waals surface area contributed by atoms with Crippen LogP contribution in [0.3, 0.4) is 0 Å². The van der Waals surface area contributed by atoms with Gasteiger partial charge < -0.3 is 10.4 Å². The lowest BCUT2D eigenvalue weighted by Gasteiger charge is -2.06. The van der Waals surface area contributed by atoms with Crippen molar-refractivity contribution >= 4 is 17.6 Å². The summed E-state index contributed by atoms with van der Waals surface area (Å²) in [5, 5.41) is 20.5. The fourth-order valence-electron chi connectivity index (χ4n) is 2.47. The summed E-state index contributed by atoms with van der Waals surface area (Å²) in [6.45, 7) is 3.53. The Morgan fingerprint density at radius 3 is 2.58 bits per heavy atom. The largest absolute Gasteiger partial charge is 0.481 e. The van der Waals surface area contributed by atoms with Gasteiger partial charge in [-0.15, -0.1) is 0 Å². The van der Waals surface area contributed by atoms with Gasteiger partial charge in [0.15, 0.2) is 0 Å². The van der Waals surface area contributed by atoms with E-state index in [0.717, 1.165) is 0 Å². The number of hydrogen-bond donors (Lipinski definition) is 2. The number of nitriles is 1. The molecule has 1 amide bonds. The van der Waals surface area contributed by atoms with Crippen LogP contribution in [0, 0.1) is 28.6 Å². The third-order valence-corrected chi connectivity index (χ3v) is 3.64. The van der Waals surface area contributed by atoms with E-state index in [1.165, 1.54) is 0 Å². The molecule has 1 saturated carbocycles. The Hall–Kier alpha value is -2.35. The standard InChI is InChI=1S/C14H14N2O3/c1-14(2)10(11(14)13(18)19)12(17)16-9-5-3-4-8(6-9)7-15/h3-6,10-11H,1-2H3,(H,16,17)(H,18,19). The van der Waals surface area contributed by atoms with Gasteiger partial charge in [0.05, 0.1) is 23.5 Å². The first-order valence-electron chi connectivity index (χ1n) is 5.91. The summed E-state index contributed by atoms with van der Waals surface area (Å²) in [6.07, 6.45) is 0. The molecule has 0 heterocycles. The highest BCUT2D eigenvalue weighted by Gasteiger charge is 2.65. The first-order valence-corrected chi connectivity index (χ1v) is 5.91. The smallest absolute Gasteiger partial charge is 0.307 e. The molecule has 2 unspecified atom stereocenters. The number of benzene rings is 1. The zero-order valence-electron chi connectivity index (χ0n) is 10.7. The molecular weight excluding hydrogens is 244 g/mol. The second kappa shape index (κ2) is 4.39. The Kier molecular flexibility index (Phi) is 3.03. The van der Waals surface area contributed by atoms with Gasteiger partial charge in [-0.2, -0.15) is 5.26 Å². The van der Waals surface area contributed by atoms with Gasteiger partial charge in [-0.3, -0.25) is 9.59 Å². The van der Waals surface area contributed by atoms with Crippen LogP contribution in [0.1, 0.15) is 19.4 Å². The number of carbonyl (C=O) groups is 2. The monoisotopic (exact) mass is 258 g/mol. The van der Waals surface area contributed by atoms with Crippen LogP contribution < -0.4 is 5.32 Å². The third-order valence-electron chi connectivity index (χ3n) is 3.64. The van der Waals surface area contributed by atoms with Crippen molar-refractivity contribution in [2.24, 2.45) is 17.3 Å². The average molecular weight is 258 g/mol. The molecule has 0 radical (unpaired) electrons. The van der Waals surface area contributed by atoms with Gasteiger partial charge >= 0.3 is 5.97 Å². The number of aliphatic carboxylic acids is 1. The number of nitrogens with zero attached hydrogens (tertiary/aromatic N) is 1. The molecule has 1 aliphatic carbocycles. The Morgan fingerprint density at radius 2 is 2.05 bits per heavy atom. The van der Waals surface area contributed by atoms with Crippen LogP contribution >= 0.6 is 0 Å². The fraction of sp³-hybridized carbons (Fsp3) is 0.357. The maximum atomic E-state index is 12.0. The maximum Gasteiger partial charge on any atom is 0.307 e. The minimum atomic E-state index is -0.948. The number of anilines is 1. The number of nitrogens with one attached hydrogen (secondary N) is 1. The predicted molar refractivity (Wildman–Crippen MR) is 68.2 cm³/mol. The van der Waals surface area contributed by atoms with E-state index in [0.29, 0.717) is 11.3 Å². The fourth-order valence-corrected chi connectivity index (χ4v) is 2.47. The molecule has 0 aromatic heterocycles. The van der Waals surface area contributed by atoms with Crippen LogP contribution in [-0.2, 0) is 9.59 Å². The summed E-state index contributed by atoms with van der Waals surface area (Å²) in [5.41, 5.74) is 0.432. The number of amides is 1. The molecule has 2 rings (SSSR count). The quantitative estimate of drug-likeness (QED) is 0.865. The number of hydrogen-bond acceptors (Lipinski definition) is 3. The second-order valence-corrected chi connectivity index (χ2v) is 5.30. The first kappa shape index (κ1) is 13.1. The minimum Gasteiger partial charge on any atom is -0.481 e. The second-order valence-electron chi connectivity index (χ2n) is 5.30. The number of carbonyl (C=O) groups excluding carboxylic acids is 1. The van der Waals surface area contributed by atoms with Crippen molar-refractivity contribution in [1.29, 1.82) is 5.26 Å². The molecule has 5 heteroatoms. The zero-order valence-corrected chi connectivity index (χ0v) is 10.7. The summed E-state index contributed by atoms with van der Waals surface area (Å²) < 4.78 is 0. The summed E-state index contributed by atoms with van der Waals surface area (Å²) in [6, 6.07) is 8.52. The molecule has 2 atom stereocenters. The summed E-state index contributed by atoms with van der Waals surface area (Å²) in [5.74, 6) is -2.44. The molecule has 0 spiro atoms. The van der Waals surface area contributed by atoms with E-state index in [1.54, 1.807) is 38.1 Å². The van der Waals surface area contributed by atoms with E-state index in [4.69, 9.17) is 10.4 Å². The van der Waals surface area contributed by atoms with Gasteiger partial charge in [0.2, 0.25) is 5.91 Å². The minimum absolute atomic E-state index is 0.313. The molecule has 0 aliphatic heterocycles. The molecule has 98 valence electrons. The van der Waals surface area contributed by atoms with E-state index >= 15 is 0 Å². The van der Waals surface area contributed by atoms with E-state index in [2.05, 4.69) is 5.32 Å². The highest BCUT2D eigenvalue weighted by Crippen LogP contribution is 2.58. The maximum absolute atomic E-state index is 12.0. The SMILES string of the molecule is CC1(C)C(C(=O)O)C1C(=O)Nc1cccc(C#N)c1. The Labute approximate surface area is 110 Å². The summed E-state index contributed by atoms with van der Waals surface area (Å²) >= 11 is 0. The molecule has 1 aromatic carbocycles. The molecule has 1 fully saturated rings. The third kappa shape index (κ3) is 2.29. The van der Waals surface area contributed by atoms with Crippen LogP contribution in [0.4, 0.5) is 5.69 Å². The summed E-state index contributed by atoms with van der Waals surface area (Å²) in [4.78, 5) is 23.1. The van der Waals surface area contributed by atoms with Crippen LogP contribution in [0.15, 0.2) is 24.3 Å². The highest BCUT2D eigenvalue weighted by molar-refractivity contribution is 5.99. The molecule has 5 nitrogen and oxygen atoms in total. The molecule has 0 bridgehead atoms. The van der Waals surface area contributed by atoms with Crippen molar-refractivity contribution < 1.29 is 14.7 Å². The van der Waals surface area contributed by atoms with Crippen molar-refractivity contribution in [1.82, 2.24) is 0 Å². The van der Waals surface area contributed by atoms with Gasteiger partial charge in [0.25, 0.3) is 0 Å². The molecule has 1 aromatic rings. The Balaban J connectivity index is 2.11. The number of rotatable bonds is 3. The van der Waals surface area contributed by atoms with Gasteiger partial charge in [-0.1, -0.05) is 19.9 Å². The van der Waals surface area contributed by atoms with Crippen molar-refractivity contribution in [3.63, 3.8) is 0 Å². The summed E-state index contributed by atoms with van der Waals surface area (Å²) in [7, 11) is 0. The van der Waals surface area contributed by atoms with Crippen LogP contribution in [-0.4, -0.2) is 17.0 Å². The van der Waals surface area contributed by atoms with Crippen molar-refractivity contribution in [2.75, 3.05) is 5.32 Å². The topological polar surface area (TPSA) is 90.2 Å². The van der Waals surface area contributed by atoms with E-state index in [-0.39, 0.29) is 5.91 Å².